The van der Waals surface area contributed by atoms with Crippen molar-refractivity contribution in [1.29, 1.82) is 0 Å². The molecule has 2 aliphatic heterocycles. The lowest BCUT2D eigenvalue weighted by Gasteiger charge is -2.30. The van der Waals surface area contributed by atoms with Crippen molar-refractivity contribution in [2.45, 2.75) is 101 Å². The zero-order chi connectivity index (χ0) is 35.0. The predicted octanol–water partition coefficient (Wildman–Crippen LogP) is 3.96. The molecule has 15 heteroatoms. The number of thiophene rings is 1. The first-order valence-corrected chi connectivity index (χ1v) is 18.3. The molecule has 266 valence electrons. The van der Waals surface area contributed by atoms with Gasteiger partial charge in [0.15, 0.2) is 5.82 Å². The Kier molecular flexibility index (Phi) is 9.51. The molecule has 0 bridgehead atoms. The van der Waals surface area contributed by atoms with E-state index < -0.39 is 47.6 Å². The molecule has 2 aliphatic carbocycles. The Morgan fingerprint density at radius 1 is 1.10 bits per heavy atom. The molecule has 14 nitrogen and oxygen atoms in total. The fourth-order valence-electron chi connectivity index (χ4n) is 7.14. The number of esters is 1. The Morgan fingerprint density at radius 3 is 2.68 bits per heavy atom. The van der Waals surface area contributed by atoms with Crippen LogP contribution in [0.2, 0.25) is 0 Å². The Labute approximate surface area is 293 Å². The van der Waals surface area contributed by atoms with Gasteiger partial charge in [0.2, 0.25) is 17.7 Å². The first-order chi connectivity index (χ1) is 24.1. The summed E-state index contributed by atoms with van der Waals surface area (Å²) in [5, 5.41) is 12.1. The molecule has 0 unspecified atom stereocenters. The summed E-state index contributed by atoms with van der Waals surface area (Å²) in [6.45, 7) is 1.96. The molecule has 3 amide bonds. The summed E-state index contributed by atoms with van der Waals surface area (Å²) in [6, 6.07) is 1.91. The highest BCUT2D eigenvalue weighted by Gasteiger charge is 2.62. The molecule has 1 saturated heterocycles. The molecule has 5 atom stereocenters. The van der Waals surface area contributed by atoms with E-state index in [9.17, 15) is 19.2 Å². The number of nitrogens with one attached hydrogen (secondary N) is 2. The molecule has 50 heavy (non-hydrogen) atoms. The quantitative estimate of drug-likeness (QED) is 0.283. The smallest absolute Gasteiger partial charge is 0.408 e. The SMILES string of the molecule is COC(=O)[C@@]12C[C@@H]1/C=C\CCCCC[C@H](NC(=O)OC1CCC1)C(=O)N1C[C@H](Oc3nc(-c4cc(C)nn4C)nc4ccsc34)C[C@H]1C(=O)N2. The van der Waals surface area contributed by atoms with Gasteiger partial charge in [-0.05, 0) is 69.4 Å². The number of aryl methyl sites for hydroxylation is 2. The minimum atomic E-state index is -1.20. The number of allylic oxidation sites excluding steroid dienone is 1. The van der Waals surface area contributed by atoms with E-state index in [1.165, 1.54) is 23.3 Å². The number of carbonyl (C=O) groups is 4. The summed E-state index contributed by atoms with van der Waals surface area (Å²) in [6.07, 6.45) is 9.39. The van der Waals surface area contributed by atoms with Gasteiger partial charge in [0.25, 0.3) is 0 Å². The highest BCUT2D eigenvalue weighted by molar-refractivity contribution is 7.17. The molecule has 4 aliphatic rings. The van der Waals surface area contributed by atoms with Crippen LogP contribution in [0.5, 0.6) is 5.88 Å². The van der Waals surface area contributed by atoms with Crippen LogP contribution in [-0.4, -0.2) is 92.0 Å². The average Bonchev–Trinajstić information content (AvgIpc) is 3.40. The molecular formula is C35H43N7O7S. The summed E-state index contributed by atoms with van der Waals surface area (Å²) in [7, 11) is 3.13. The summed E-state index contributed by atoms with van der Waals surface area (Å²) >= 11 is 1.44. The van der Waals surface area contributed by atoms with Crippen LogP contribution in [0.25, 0.3) is 21.7 Å². The molecule has 3 aromatic rings. The summed E-state index contributed by atoms with van der Waals surface area (Å²) in [5.74, 6) is -0.824. The van der Waals surface area contributed by atoms with Gasteiger partial charge in [-0.25, -0.2) is 14.6 Å². The number of ether oxygens (including phenoxy) is 3. The van der Waals surface area contributed by atoms with Crippen molar-refractivity contribution in [3.63, 3.8) is 0 Å². The van der Waals surface area contributed by atoms with Gasteiger partial charge in [-0.15, -0.1) is 11.3 Å². The number of hydrogen-bond acceptors (Lipinski definition) is 11. The topological polar surface area (TPSA) is 167 Å². The van der Waals surface area contributed by atoms with Crippen molar-refractivity contribution in [2.75, 3.05) is 13.7 Å². The lowest BCUT2D eigenvalue weighted by atomic mass is 9.96. The van der Waals surface area contributed by atoms with Gasteiger partial charge in [0, 0.05) is 19.4 Å². The number of methoxy groups -OCH3 is 1. The van der Waals surface area contributed by atoms with Crippen LogP contribution in [0.1, 0.15) is 69.9 Å². The van der Waals surface area contributed by atoms with Crippen LogP contribution < -0.4 is 15.4 Å². The van der Waals surface area contributed by atoms with Gasteiger partial charge in [-0.1, -0.05) is 25.0 Å². The lowest BCUT2D eigenvalue weighted by molar-refractivity contribution is -0.148. The second-order valence-electron chi connectivity index (χ2n) is 13.7. The van der Waals surface area contributed by atoms with E-state index in [1.54, 1.807) is 4.68 Å². The number of nitrogens with zero attached hydrogens (tertiary/aromatic N) is 5. The zero-order valence-electron chi connectivity index (χ0n) is 28.6. The highest BCUT2D eigenvalue weighted by atomic mass is 32.1. The van der Waals surface area contributed by atoms with E-state index in [1.807, 2.05) is 43.6 Å². The first-order valence-electron chi connectivity index (χ1n) is 17.4. The molecule has 5 heterocycles. The van der Waals surface area contributed by atoms with Gasteiger partial charge in [0.1, 0.15) is 40.2 Å². The number of carbonyl (C=O) groups excluding carboxylic acids is 4. The monoisotopic (exact) mass is 705 g/mol. The maximum absolute atomic E-state index is 14.4. The largest absolute Gasteiger partial charge is 0.471 e. The third-order valence-electron chi connectivity index (χ3n) is 10.2. The van der Waals surface area contributed by atoms with Crippen LogP contribution >= 0.6 is 11.3 Å². The van der Waals surface area contributed by atoms with E-state index in [4.69, 9.17) is 24.2 Å². The Balaban J connectivity index is 1.19. The molecule has 2 N–H and O–H groups in total. The highest BCUT2D eigenvalue weighted by Crippen LogP contribution is 2.46. The fourth-order valence-corrected chi connectivity index (χ4v) is 7.90. The Hall–Kier alpha value is -4.53. The molecule has 2 saturated carbocycles. The van der Waals surface area contributed by atoms with Crippen molar-refractivity contribution in [3.8, 4) is 17.4 Å². The Bertz CT molecular complexity index is 1820. The van der Waals surface area contributed by atoms with Gasteiger partial charge in [-0.2, -0.15) is 10.1 Å². The van der Waals surface area contributed by atoms with Gasteiger partial charge < -0.3 is 29.7 Å². The van der Waals surface area contributed by atoms with E-state index in [2.05, 4.69) is 15.7 Å². The number of amides is 3. The summed E-state index contributed by atoms with van der Waals surface area (Å²) in [5.41, 5.74) is 1.05. The van der Waals surface area contributed by atoms with Crippen molar-refractivity contribution in [3.05, 3.63) is 35.4 Å². The molecule has 3 fully saturated rings. The van der Waals surface area contributed by atoms with Crippen molar-refractivity contribution in [1.82, 2.24) is 35.3 Å². The van der Waals surface area contributed by atoms with Crippen LogP contribution in [0.3, 0.4) is 0 Å². The molecule has 3 aromatic heterocycles. The number of aromatic nitrogens is 4. The normalized spacial score (nSPS) is 27.9. The van der Waals surface area contributed by atoms with E-state index in [0.29, 0.717) is 36.5 Å². The van der Waals surface area contributed by atoms with Crippen LogP contribution in [0, 0.1) is 12.8 Å². The predicted molar refractivity (Wildman–Crippen MR) is 183 cm³/mol. The van der Waals surface area contributed by atoms with Gasteiger partial charge >= 0.3 is 12.1 Å². The molecule has 0 spiro atoms. The van der Waals surface area contributed by atoms with Crippen LogP contribution in [0.15, 0.2) is 29.7 Å². The molecule has 0 radical (unpaired) electrons. The average molecular weight is 706 g/mol. The van der Waals surface area contributed by atoms with Gasteiger partial charge in [-0.3, -0.25) is 14.3 Å². The zero-order valence-corrected chi connectivity index (χ0v) is 29.4. The second kappa shape index (κ2) is 14.0. The maximum Gasteiger partial charge on any atom is 0.408 e. The number of fused-ring (bicyclic) bond motifs is 3. The minimum absolute atomic E-state index is 0.0678. The number of rotatable bonds is 6. The second-order valence-corrected chi connectivity index (χ2v) is 14.7. The van der Waals surface area contributed by atoms with E-state index >= 15 is 0 Å². The number of alkyl carbamates (subject to hydrolysis) is 1. The van der Waals surface area contributed by atoms with Crippen LogP contribution in [-0.2, 0) is 30.9 Å². The third-order valence-corrected chi connectivity index (χ3v) is 11.1. The minimum Gasteiger partial charge on any atom is -0.471 e. The number of hydrogen-bond donors (Lipinski definition) is 2. The first kappa shape index (κ1) is 33.9. The van der Waals surface area contributed by atoms with Gasteiger partial charge in [0.05, 0.1) is 24.9 Å². The fraction of sp³-hybridized carbons (Fsp3) is 0.571. The van der Waals surface area contributed by atoms with E-state index in [-0.39, 0.29) is 25.0 Å². The standard InChI is InChI=1S/C35H43N7O7S/c1-20-16-26(41(2)40-20)29-36-24-14-15-50-28(24)31(38-29)48-23-17-27-30(43)39-35(33(45)47-3)18-21(35)10-7-5-4-6-8-13-25(32(44)42(27)19-23)37-34(46)49-22-11-9-12-22/h7,10,14-16,21-23,25,27H,4-6,8-9,11-13,17-19H2,1-3H3,(H,37,46)(H,39,43)/b10-7-/t21-,23+,25-,27-,35+/m0/s1. The third kappa shape index (κ3) is 6.79. The van der Waals surface area contributed by atoms with Crippen LogP contribution in [0.4, 0.5) is 4.79 Å². The molecule has 0 aromatic carbocycles. The lowest BCUT2D eigenvalue weighted by Crippen LogP contribution is -2.56. The van der Waals surface area contributed by atoms with Crippen molar-refractivity contribution < 1.29 is 33.4 Å². The van der Waals surface area contributed by atoms with E-state index in [0.717, 1.165) is 54.6 Å². The molecular weight excluding hydrogens is 662 g/mol. The summed E-state index contributed by atoms with van der Waals surface area (Å²) < 4.78 is 19.7. The summed E-state index contributed by atoms with van der Waals surface area (Å²) in [4.78, 5) is 65.6. The maximum atomic E-state index is 14.4. The van der Waals surface area contributed by atoms with Crippen molar-refractivity contribution in [2.24, 2.45) is 13.0 Å². The van der Waals surface area contributed by atoms with Crippen molar-refractivity contribution >= 4 is 45.4 Å². The molecule has 7 rings (SSSR count). The Morgan fingerprint density at radius 2 is 1.94 bits per heavy atom.